The van der Waals surface area contributed by atoms with E-state index in [4.69, 9.17) is 4.74 Å². The average molecular weight is 428 g/mol. The van der Waals surface area contributed by atoms with Crippen LogP contribution in [-0.4, -0.2) is 38.7 Å². The summed E-state index contributed by atoms with van der Waals surface area (Å²) in [5.74, 6) is 2.12. The number of aliphatic hydroxyl groups is 1. The summed E-state index contributed by atoms with van der Waals surface area (Å²) in [4.78, 5) is 15.4. The van der Waals surface area contributed by atoms with Gasteiger partial charge in [-0.3, -0.25) is 0 Å². The number of nitrogens with one attached hydrogen (secondary N) is 4. The highest BCUT2D eigenvalue weighted by atomic mass is 16.5. The predicted octanol–water partition coefficient (Wildman–Crippen LogP) is 4.34. The van der Waals surface area contributed by atoms with E-state index in [0.29, 0.717) is 18.3 Å². The number of hydrogen-bond donors (Lipinski definition) is 5. The first-order chi connectivity index (χ1) is 15.7. The number of aliphatic hydroxyl groups excluding tert-OH is 1. The van der Waals surface area contributed by atoms with Crippen molar-refractivity contribution in [3.63, 3.8) is 0 Å². The third-order valence-electron chi connectivity index (χ3n) is 5.43. The Morgan fingerprint density at radius 1 is 1.06 bits per heavy atom. The summed E-state index contributed by atoms with van der Waals surface area (Å²) in [6.45, 7) is 0.692. The first-order valence-electron chi connectivity index (χ1n) is 10.4. The summed E-state index contributed by atoms with van der Waals surface area (Å²) in [6, 6.07) is 15.8. The van der Waals surface area contributed by atoms with Crippen LogP contribution in [0.1, 0.15) is 11.3 Å². The summed E-state index contributed by atoms with van der Waals surface area (Å²) >= 11 is 0. The fourth-order valence-electron chi connectivity index (χ4n) is 3.82. The standard InChI is InChI=1S/C24H24N6O2/c1-32-19-3-5-22-20(12-19)15(13-27-22)6-8-25-24-26-9-7-23(30-24)29-17-2-4-21-16(10-17)11-18(14-31)28-21/h2-5,7,9-13,27-28,31H,6,8,14H2,1H3,(H2,25,26,29,30). The lowest BCUT2D eigenvalue weighted by Crippen LogP contribution is -2.08. The van der Waals surface area contributed by atoms with E-state index in [1.165, 1.54) is 5.56 Å². The maximum Gasteiger partial charge on any atom is 0.224 e. The topological polar surface area (TPSA) is 111 Å². The minimum atomic E-state index is -0.00945. The quantitative estimate of drug-likeness (QED) is 0.251. The molecule has 0 spiro atoms. The van der Waals surface area contributed by atoms with E-state index < -0.39 is 0 Å². The predicted molar refractivity (Wildman–Crippen MR) is 127 cm³/mol. The van der Waals surface area contributed by atoms with Gasteiger partial charge < -0.3 is 30.4 Å². The molecule has 0 atom stereocenters. The number of rotatable bonds is 8. The maximum absolute atomic E-state index is 9.30. The number of nitrogens with zero attached hydrogens (tertiary/aromatic N) is 2. The lowest BCUT2D eigenvalue weighted by Gasteiger charge is -2.09. The Balaban J connectivity index is 1.24. The van der Waals surface area contributed by atoms with Gasteiger partial charge in [-0.1, -0.05) is 0 Å². The Morgan fingerprint density at radius 2 is 1.97 bits per heavy atom. The molecule has 0 aliphatic carbocycles. The van der Waals surface area contributed by atoms with E-state index >= 15 is 0 Å². The lowest BCUT2D eigenvalue weighted by molar-refractivity contribution is 0.278. The van der Waals surface area contributed by atoms with Gasteiger partial charge >= 0.3 is 0 Å². The Morgan fingerprint density at radius 3 is 2.84 bits per heavy atom. The molecule has 8 heteroatoms. The van der Waals surface area contributed by atoms with Crippen molar-refractivity contribution in [1.29, 1.82) is 0 Å². The molecule has 2 aromatic carbocycles. The molecule has 0 aliphatic heterocycles. The Hall–Kier alpha value is -4.04. The van der Waals surface area contributed by atoms with E-state index in [-0.39, 0.29) is 6.61 Å². The molecule has 0 saturated carbocycles. The molecule has 8 nitrogen and oxygen atoms in total. The number of benzene rings is 2. The highest BCUT2D eigenvalue weighted by molar-refractivity contribution is 5.85. The zero-order valence-corrected chi connectivity index (χ0v) is 17.6. The van der Waals surface area contributed by atoms with Gasteiger partial charge in [0, 0.05) is 52.1 Å². The number of ether oxygens (including phenoxy) is 1. The number of aromatic amines is 2. The molecule has 5 N–H and O–H groups in total. The fourth-order valence-corrected chi connectivity index (χ4v) is 3.82. The summed E-state index contributed by atoms with van der Waals surface area (Å²) in [5, 5.41) is 18.1. The second-order valence-corrected chi connectivity index (χ2v) is 7.55. The van der Waals surface area contributed by atoms with Gasteiger partial charge in [0.25, 0.3) is 0 Å². The second kappa shape index (κ2) is 8.60. The van der Waals surface area contributed by atoms with E-state index in [1.807, 2.05) is 54.7 Å². The summed E-state index contributed by atoms with van der Waals surface area (Å²) < 4.78 is 5.34. The SMILES string of the molecule is COc1ccc2[nH]cc(CCNc3nccc(Nc4ccc5[nH]c(CO)cc5c4)n3)c2c1. The number of H-pyrrole nitrogens is 2. The monoisotopic (exact) mass is 428 g/mol. The van der Waals surface area contributed by atoms with Crippen molar-refractivity contribution in [3.05, 3.63) is 72.2 Å². The summed E-state index contributed by atoms with van der Waals surface area (Å²) in [5.41, 5.74) is 4.99. The van der Waals surface area contributed by atoms with Crippen LogP contribution in [0.4, 0.5) is 17.5 Å². The molecule has 0 fully saturated rings. The number of fused-ring (bicyclic) bond motifs is 2. The van der Waals surface area contributed by atoms with E-state index in [1.54, 1.807) is 13.3 Å². The molecule has 0 amide bonds. The number of aromatic nitrogens is 4. The third kappa shape index (κ3) is 4.08. The van der Waals surface area contributed by atoms with Crippen molar-refractivity contribution in [2.75, 3.05) is 24.3 Å². The van der Waals surface area contributed by atoms with Crippen molar-refractivity contribution in [2.45, 2.75) is 13.0 Å². The van der Waals surface area contributed by atoms with Crippen LogP contribution in [0, 0.1) is 0 Å². The Bertz CT molecular complexity index is 1370. The van der Waals surface area contributed by atoms with Crippen molar-refractivity contribution < 1.29 is 9.84 Å². The molecule has 5 aromatic rings. The Kier molecular flexibility index (Phi) is 5.35. The van der Waals surface area contributed by atoms with E-state index in [0.717, 1.165) is 45.4 Å². The zero-order valence-electron chi connectivity index (χ0n) is 17.6. The van der Waals surface area contributed by atoms with Gasteiger partial charge in [-0.15, -0.1) is 0 Å². The van der Waals surface area contributed by atoms with Crippen LogP contribution >= 0.6 is 0 Å². The van der Waals surface area contributed by atoms with E-state index in [2.05, 4.69) is 30.6 Å². The van der Waals surface area contributed by atoms with Gasteiger partial charge in [-0.05, 0) is 60.5 Å². The molecule has 162 valence electrons. The van der Waals surface area contributed by atoms with Crippen LogP contribution in [0.2, 0.25) is 0 Å². The van der Waals surface area contributed by atoms with Crippen molar-refractivity contribution in [1.82, 2.24) is 19.9 Å². The normalized spacial score (nSPS) is 11.2. The van der Waals surface area contributed by atoms with Crippen LogP contribution < -0.4 is 15.4 Å². The molecule has 0 aliphatic rings. The van der Waals surface area contributed by atoms with Crippen molar-refractivity contribution in [2.24, 2.45) is 0 Å². The third-order valence-corrected chi connectivity index (χ3v) is 5.43. The summed E-state index contributed by atoms with van der Waals surface area (Å²) in [6.07, 6.45) is 4.59. The highest BCUT2D eigenvalue weighted by Crippen LogP contribution is 2.25. The van der Waals surface area contributed by atoms with Crippen molar-refractivity contribution >= 4 is 39.3 Å². The first kappa shape index (κ1) is 19.9. The zero-order chi connectivity index (χ0) is 21.9. The smallest absolute Gasteiger partial charge is 0.224 e. The highest BCUT2D eigenvalue weighted by Gasteiger charge is 2.07. The number of hydrogen-bond acceptors (Lipinski definition) is 6. The number of methoxy groups -OCH3 is 1. The van der Waals surface area contributed by atoms with Crippen LogP contribution in [0.5, 0.6) is 5.75 Å². The molecular weight excluding hydrogens is 404 g/mol. The van der Waals surface area contributed by atoms with Gasteiger partial charge in [-0.25, -0.2) is 4.98 Å². The molecular formula is C24H24N6O2. The largest absolute Gasteiger partial charge is 0.497 e. The molecule has 0 unspecified atom stereocenters. The number of anilines is 3. The van der Waals surface area contributed by atoms with Gasteiger partial charge in [0.1, 0.15) is 11.6 Å². The van der Waals surface area contributed by atoms with Crippen LogP contribution in [0.25, 0.3) is 21.8 Å². The molecule has 3 aromatic heterocycles. The van der Waals surface area contributed by atoms with Crippen LogP contribution in [0.15, 0.2) is 60.9 Å². The molecule has 3 heterocycles. The van der Waals surface area contributed by atoms with Gasteiger partial charge in [0.2, 0.25) is 5.95 Å². The lowest BCUT2D eigenvalue weighted by atomic mass is 10.1. The molecule has 0 saturated heterocycles. The maximum atomic E-state index is 9.30. The van der Waals surface area contributed by atoms with Crippen LogP contribution in [0.3, 0.4) is 0 Å². The molecule has 5 rings (SSSR count). The first-order valence-corrected chi connectivity index (χ1v) is 10.4. The molecule has 32 heavy (non-hydrogen) atoms. The van der Waals surface area contributed by atoms with E-state index in [9.17, 15) is 5.11 Å². The minimum Gasteiger partial charge on any atom is -0.497 e. The van der Waals surface area contributed by atoms with Gasteiger partial charge in [-0.2, -0.15) is 4.98 Å². The van der Waals surface area contributed by atoms with Crippen LogP contribution in [-0.2, 0) is 13.0 Å². The average Bonchev–Trinajstić information content (AvgIpc) is 3.42. The molecule has 0 bridgehead atoms. The Labute approximate surface area is 184 Å². The second-order valence-electron chi connectivity index (χ2n) is 7.55. The fraction of sp³-hybridized carbons (Fsp3) is 0.167. The minimum absolute atomic E-state index is 0.00945. The van der Waals surface area contributed by atoms with Gasteiger partial charge in [0.15, 0.2) is 0 Å². The summed E-state index contributed by atoms with van der Waals surface area (Å²) in [7, 11) is 1.68. The van der Waals surface area contributed by atoms with Crippen molar-refractivity contribution in [3.8, 4) is 5.75 Å². The van der Waals surface area contributed by atoms with Gasteiger partial charge in [0.05, 0.1) is 13.7 Å². The molecule has 0 radical (unpaired) electrons.